The molecule has 5 nitrogen and oxygen atoms in total. The summed E-state index contributed by atoms with van der Waals surface area (Å²) in [6.07, 6.45) is 3.61. The van der Waals surface area contributed by atoms with Crippen LogP contribution in [0, 0.1) is 0 Å². The van der Waals surface area contributed by atoms with Gasteiger partial charge in [0.1, 0.15) is 5.52 Å². The second-order valence-corrected chi connectivity index (χ2v) is 8.50. The zero-order chi connectivity index (χ0) is 14.3. The molecule has 3 rings (SSSR count). The highest BCUT2D eigenvalue weighted by Crippen LogP contribution is 2.31. The first-order chi connectivity index (χ1) is 9.47. The first-order valence-electron chi connectivity index (χ1n) is 6.53. The summed E-state index contributed by atoms with van der Waals surface area (Å²) in [6.45, 7) is 0.792. The Kier molecular flexibility index (Phi) is 3.41. The highest BCUT2D eigenvalue weighted by Gasteiger charge is 2.21. The monoisotopic (exact) mass is 311 g/mol. The normalized spacial score (nSPS) is 19.8. The Labute approximate surface area is 122 Å². The van der Waals surface area contributed by atoms with Crippen molar-refractivity contribution in [1.29, 1.82) is 0 Å². The summed E-state index contributed by atoms with van der Waals surface area (Å²) >= 11 is 1.95. The molecule has 108 valence electrons. The number of imidazole rings is 1. The molecule has 0 radical (unpaired) electrons. The minimum absolute atomic E-state index is 0.250. The van der Waals surface area contributed by atoms with E-state index < -0.39 is 9.84 Å². The number of nitrogen functional groups attached to an aromatic ring is 1. The Hall–Kier alpha value is -1.21. The zero-order valence-corrected chi connectivity index (χ0v) is 12.9. The maximum Gasteiger partial charge on any atom is 0.201 e. The number of rotatable bonds is 3. The Morgan fingerprint density at radius 3 is 2.95 bits per heavy atom. The van der Waals surface area contributed by atoms with Crippen LogP contribution in [-0.2, 0) is 16.4 Å². The van der Waals surface area contributed by atoms with Crippen molar-refractivity contribution in [2.45, 2.75) is 29.5 Å². The summed E-state index contributed by atoms with van der Waals surface area (Å²) in [6, 6.07) is 5.21. The second-order valence-electron chi connectivity index (χ2n) is 5.11. The van der Waals surface area contributed by atoms with Gasteiger partial charge in [-0.2, -0.15) is 11.8 Å². The number of fused-ring (bicyclic) bond motifs is 1. The van der Waals surface area contributed by atoms with Crippen LogP contribution in [0.25, 0.3) is 11.0 Å². The predicted molar refractivity (Wildman–Crippen MR) is 82.7 cm³/mol. The summed E-state index contributed by atoms with van der Waals surface area (Å²) in [5.74, 6) is 1.58. The number of anilines is 1. The molecule has 1 aliphatic heterocycles. The molecule has 1 fully saturated rings. The number of aromatic nitrogens is 2. The Morgan fingerprint density at radius 2 is 2.30 bits per heavy atom. The van der Waals surface area contributed by atoms with Gasteiger partial charge in [-0.1, -0.05) is 6.07 Å². The fourth-order valence-electron chi connectivity index (χ4n) is 2.62. The smallest absolute Gasteiger partial charge is 0.201 e. The van der Waals surface area contributed by atoms with Gasteiger partial charge in [0.05, 0.1) is 10.4 Å². The predicted octanol–water partition coefficient (Wildman–Crippen LogP) is 1.92. The molecule has 7 heteroatoms. The average Bonchev–Trinajstić information content (AvgIpc) is 2.97. The van der Waals surface area contributed by atoms with Gasteiger partial charge in [0.25, 0.3) is 0 Å². The van der Waals surface area contributed by atoms with Crippen LogP contribution in [0.15, 0.2) is 23.1 Å². The van der Waals surface area contributed by atoms with Crippen LogP contribution < -0.4 is 5.73 Å². The first-order valence-corrected chi connectivity index (χ1v) is 9.47. The van der Waals surface area contributed by atoms with Gasteiger partial charge in [-0.3, -0.25) is 0 Å². The standard InChI is InChI=1S/C13H17N3O2S2/c1-20(17,18)11-6-2-5-10-12(11)15-13(14)16(10)8-9-4-3-7-19-9/h2,5-6,9H,3-4,7-8H2,1H3,(H2,14,15). The summed E-state index contributed by atoms with van der Waals surface area (Å²) < 4.78 is 25.6. The maximum absolute atomic E-state index is 11.8. The molecular formula is C13H17N3O2S2. The van der Waals surface area contributed by atoms with Crippen molar-refractivity contribution in [3.05, 3.63) is 18.2 Å². The second kappa shape index (κ2) is 4.96. The van der Waals surface area contributed by atoms with Crippen LogP contribution in [0.1, 0.15) is 12.8 Å². The Morgan fingerprint density at radius 1 is 1.50 bits per heavy atom. The van der Waals surface area contributed by atoms with Crippen molar-refractivity contribution >= 4 is 38.6 Å². The molecule has 1 aromatic heterocycles. The molecule has 0 spiro atoms. The zero-order valence-electron chi connectivity index (χ0n) is 11.2. The van der Waals surface area contributed by atoms with Crippen LogP contribution in [0.5, 0.6) is 0 Å². The number of thioether (sulfide) groups is 1. The van der Waals surface area contributed by atoms with Gasteiger partial charge in [-0.25, -0.2) is 13.4 Å². The highest BCUT2D eigenvalue weighted by molar-refractivity contribution is 8.00. The lowest BCUT2D eigenvalue weighted by Gasteiger charge is -2.11. The maximum atomic E-state index is 11.8. The molecule has 0 bridgehead atoms. The van der Waals surface area contributed by atoms with E-state index in [0.717, 1.165) is 12.1 Å². The average molecular weight is 311 g/mol. The van der Waals surface area contributed by atoms with Crippen molar-refractivity contribution in [2.75, 3.05) is 17.7 Å². The van der Waals surface area contributed by atoms with Crippen LogP contribution >= 0.6 is 11.8 Å². The van der Waals surface area contributed by atoms with E-state index >= 15 is 0 Å². The van der Waals surface area contributed by atoms with Gasteiger partial charge < -0.3 is 10.3 Å². The van der Waals surface area contributed by atoms with E-state index in [9.17, 15) is 8.42 Å². The van der Waals surface area contributed by atoms with Crippen molar-refractivity contribution in [2.24, 2.45) is 0 Å². The van der Waals surface area contributed by atoms with Gasteiger partial charge in [-0.15, -0.1) is 0 Å². The molecule has 2 aromatic rings. The number of benzene rings is 1. The lowest BCUT2D eigenvalue weighted by atomic mass is 10.2. The van der Waals surface area contributed by atoms with Gasteiger partial charge in [0, 0.05) is 18.1 Å². The summed E-state index contributed by atoms with van der Waals surface area (Å²) in [5, 5.41) is 0.539. The topological polar surface area (TPSA) is 78.0 Å². The Bertz CT molecular complexity index is 746. The van der Waals surface area contributed by atoms with E-state index in [1.165, 1.54) is 24.9 Å². The number of nitrogens with two attached hydrogens (primary N) is 1. The number of hydrogen-bond donors (Lipinski definition) is 1. The summed E-state index contributed by atoms with van der Waals surface area (Å²) in [7, 11) is -3.30. The summed E-state index contributed by atoms with van der Waals surface area (Å²) in [4.78, 5) is 4.52. The minimum atomic E-state index is -3.30. The van der Waals surface area contributed by atoms with E-state index in [0.29, 0.717) is 16.7 Å². The number of sulfone groups is 1. The molecule has 2 N–H and O–H groups in total. The fraction of sp³-hybridized carbons (Fsp3) is 0.462. The number of para-hydroxylation sites is 1. The highest BCUT2D eigenvalue weighted by atomic mass is 32.2. The van der Waals surface area contributed by atoms with Gasteiger partial charge in [0.2, 0.25) is 5.95 Å². The van der Waals surface area contributed by atoms with Crippen LogP contribution in [0.2, 0.25) is 0 Å². The molecule has 1 aromatic carbocycles. The molecule has 2 heterocycles. The third kappa shape index (κ3) is 2.40. The van der Waals surface area contributed by atoms with E-state index in [1.807, 2.05) is 22.4 Å². The number of hydrogen-bond acceptors (Lipinski definition) is 5. The van der Waals surface area contributed by atoms with Crippen LogP contribution in [0.4, 0.5) is 5.95 Å². The van der Waals surface area contributed by atoms with E-state index in [2.05, 4.69) is 4.98 Å². The van der Waals surface area contributed by atoms with Crippen LogP contribution in [-0.4, -0.2) is 35.2 Å². The lowest BCUT2D eigenvalue weighted by molar-refractivity contribution is 0.602. The molecule has 0 amide bonds. The summed E-state index contributed by atoms with van der Waals surface area (Å²) in [5.41, 5.74) is 7.28. The minimum Gasteiger partial charge on any atom is -0.369 e. The molecule has 1 saturated heterocycles. The molecule has 1 unspecified atom stereocenters. The lowest BCUT2D eigenvalue weighted by Crippen LogP contribution is -2.12. The Balaban J connectivity index is 2.11. The van der Waals surface area contributed by atoms with E-state index in [-0.39, 0.29) is 4.90 Å². The molecular weight excluding hydrogens is 294 g/mol. The van der Waals surface area contributed by atoms with Crippen molar-refractivity contribution in [1.82, 2.24) is 9.55 Å². The molecule has 1 aliphatic rings. The fourth-order valence-corrected chi connectivity index (χ4v) is 4.70. The van der Waals surface area contributed by atoms with Crippen molar-refractivity contribution in [3.63, 3.8) is 0 Å². The molecule has 0 saturated carbocycles. The largest absolute Gasteiger partial charge is 0.369 e. The third-order valence-corrected chi connectivity index (χ3v) is 6.09. The van der Waals surface area contributed by atoms with Gasteiger partial charge >= 0.3 is 0 Å². The van der Waals surface area contributed by atoms with Gasteiger partial charge in [0.15, 0.2) is 9.84 Å². The van der Waals surface area contributed by atoms with Crippen molar-refractivity contribution < 1.29 is 8.42 Å². The van der Waals surface area contributed by atoms with E-state index in [4.69, 9.17) is 5.73 Å². The first kappa shape index (κ1) is 13.8. The van der Waals surface area contributed by atoms with Crippen LogP contribution in [0.3, 0.4) is 0 Å². The number of nitrogens with zero attached hydrogens (tertiary/aromatic N) is 2. The van der Waals surface area contributed by atoms with Gasteiger partial charge in [-0.05, 0) is 30.7 Å². The quantitative estimate of drug-likeness (QED) is 0.937. The molecule has 20 heavy (non-hydrogen) atoms. The van der Waals surface area contributed by atoms with E-state index in [1.54, 1.807) is 12.1 Å². The third-order valence-electron chi connectivity index (χ3n) is 3.58. The molecule has 1 atom stereocenters. The molecule has 0 aliphatic carbocycles. The van der Waals surface area contributed by atoms with Crippen molar-refractivity contribution in [3.8, 4) is 0 Å². The SMILES string of the molecule is CS(=O)(=O)c1cccc2c1nc(N)n2CC1CCCS1.